The molecule has 5 nitrogen and oxygen atoms in total. The van der Waals surface area contributed by atoms with E-state index in [4.69, 9.17) is 0 Å². The van der Waals surface area contributed by atoms with E-state index in [0.717, 1.165) is 27.7 Å². The highest BCUT2D eigenvalue weighted by atomic mass is 19.1. The number of anilines is 1. The second-order valence-corrected chi connectivity index (χ2v) is 8.04. The minimum absolute atomic E-state index is 0.109. The molecule has 1 amide bonds. The molecule has 0 saturated carbocycles. The SMILES string of the molecule is CN(C[C@H](Cc1ccccc1)NC(=O)Cc1c[nH]c2ccc(O)cc12)c1cccc(F)c1. The molecule has 0 spiro atoms. The van der Waals surface area contributed by atoms with Crippen molar-refractivity contribution in [2.45, 2.75) is 18.9 Å². The van der Waals surface area contributed by atoms with E-state index in [0.29, 0.717) is 13.0 Å². The molecule has 3 aromatic carbocycles. The van der Waals surface area contributed by atoms with Crippen molar-refractivity contribution in [3.8, 4) is 5.75 Å². The second kappa shape index (κ2) is 9.56. The molecule has 0 aliphatic heterocycles. The molecule has 0 radical (unpaired) electrons. The maximum absolute atomic E-state index is 13.7. The number of aromatic hydroxyl groups is 1. The molecule has 4 aromatic rings. The van der Waals surface area contributed by atoms with Crippen LogP contribution in [0.1, 0.15) is 11.1 Å². The van der Waals surface area contributed by atoms with Crippen LogP contribution in [0.3, 0.4) is 0 Å². The summed E-state index contributed by atoms with van der Waals surface area (Å²) in [6.07, 6.45) is 2.65. The number of aromatic amines is 1. The minimum Gasteiger partial charge on any atom is -0.508 e. The molecule has 6 heteroatoms. The lowest BCUT2D eigenvalue weighted by molar-refractivity contribution is -0.121. The predicted octanol–water partition coefficient (Wildman–Crippen LogP) is 4.42. The van der Waals surface area contributed by atoms with Crippen LogP contribution in [0.2, 0.25) is 0 Å². The monoisotopic (exact) mass is 431 g/mol. The standard InChI is InChI=1S/C26H26FN3O2/c1-30(22-9-5-8-20(27)14-22)17-21(12-18-6-3-2-4-7-18)29-26(32)13-19-16-28-25-11-10-23(31)15-24(19)25/h2-11,14-16,21,28,31H,12-13,17H2,1H3,(H,29,32)/t21-/m0/s1. The zero-order chi connectivity index (χ0) is 22.5. The van der Waals surface area contributed by atoms with Gasteiger partial charge in [0.1, 0.15) is 11.6 Å². The number of H-pyrrole nitrogens is 1. The van der Waals surface area contributed by atoms with E-state index in [1.54, 1.807) is 30.5 Å². The van der Waals surface area contributed by atoms with Crippen LogP contribution in [-0.4, -0.2) is 35.6 Å². The number of amides is 1. The second-order valence-electron chi connectivity index (χ2n) is 8.04. The van der Waals surface area contributed by atoms with Crippen molar-refractivity contribution in [2.75, 3.05) is 18.5 Å². The summed E-state index contributed by atoms with van der Waals surface area (Å²) >= 11 is 0. The molecule has 1 heterocycles. The van der Waals surface area contributed by atoms with Crippen molar-refractivity contribution >= 4 is 22.5 Å². The average molecular weight is 432 g/mol. The average Bonchev–Trinajstić information content (AvgIpc) is 3.16. The first kappa shape index (κ1) is 21.4. The van der Waals surface area contributed by atoms with Crippen molar-refractivity contribution in [1.82, 2.24) is 10.3 Å². The smallest absolute Gasteiger partial charge is 0.224 e. The van der Waals surface area contributed by atoms with Gasteiger partial charge in [-0.25, -0.2) is 4.39 Å². The fourth-order valence-corrected chi connectivity index (χ4v) is 3.97. The highest BCUT2D eigenvalue weighted by Crippen LogP contribution is 2.23. The van der Waals surface area contributed by atoms with Crippen LogP contribution in [0.15, 0.2) is 79.0 Å². The number of benzene rings is 3. The lowest BCUT2D eigenvalue weighted by Gasteiger charge is -2.27. The molecule has 1 aromatic heterocycles. The number of carbonyl (C=O) groups is 1. The van der Waals surface area contributed by atoms with Crippen LogP contribution >= 0.6 is 0 Å². The number of nitrogens with one attached hydrogen (secondary N) is 2. The Labute approximate surface area is 186 Å². The van der Waals surface area contributed by atoms with Gasteiger partial charge in [-0.2, -0.15) is 0 Å². The topological polar surface area (TPSA) is 68.4 Å². The number of fused-ring (bicyclic) bond motifs is 1. The largest absolute Gasteiger partial charge is 0.508 e. The summed E-state index contributed by atoms with van der Waals surface area (Å²) in [4.78, 5) is 18.0. The summed E-state index contributed by atoms with van der Waals surface area (Å²) in [7, 11) is 1.89. The number of hydrogen-bond donors (Lipinski definition) is 3. The summed E-state index contributed by atoms with van der Waals surface area (Å²) in [5.41, 5.74) is 3.56. The van der Waals surface area contributed by atoms with Crippen LogP contribution in [0.25, 0.3) is 10.9 Å². The Balaban J connectivity index is 1.49. The Kier molecular flexibility index (Phi) is 6.40. The number of likely N-dealkylation sites (N-methyl/N-ethyl adjacent to an activating group) is 1. The van der Waals surface area contributed by atoms with Gasteiger partial charge in [-0.15, -0.1) is 0 Å². The lowest BCUT2D eigenvalue weighted by Crippen LogP contribution is -2.44. The van der Waals surface area contributed by atoms with Crippen LogP contribution in [0.5, 0.6) is 5.75 Å². The van der Waals surface area contributed by atoms with Crippen LogP contribution in [0, 0.1) is 5.82 Å². The van der Waals surface area contributed by atoms with Gasteiger partial charge in [0.15, 0.2) is 0 Å². The number of phenolic OH excluding ortho intramolecular Hbond substituents is 1. The summed E-state index contributed by atoms with van der Waals surface area (Å²) in [5.74, 6) is -0.235. The summed E-state index contributed by atoms with van der Waals surface area (Å²) in [6.45, 7) is 0.527. The van der Waals surface area contributed by atoms with E-state index in [-0.39, 0.29) is 29.9 Å². The lowest BCUT2D eigenvalue weighted by atomic mass is 10.0. The summed E-state index contributed by atoms with van der Waals surface area (Å²) < 4.78 is 13.7. The minimum atomic E-state index is -0.291. The Morgan fingerprint density at radius 3 is 2.69 bits per heavy atom. The highest BCUT2D eigenvalue weighted by Gasteiger charge is 2.18. The summed E-state index contributed by atoms with van der Waals surface area (Å²) in [5, 5.41) is 13.8. The molecule has 4 rings (SSSR count). The third-order valence-electron chi connectivity index (χ3n) is 5.54. The van der Waals surface area contributed by atoms with Crippen LogP contribution in [0.4, 0.5) is 10.1 Å². The molecule has 0 fully saturated rings. The molecular weight excluding hydrogens is 405 g/mol. The molecule has 0 aliphatic rings. The molecule has 164 valence electrons. The van der Waals surface area contributed by atoms with Crippen molar-refractivity contribution < 1.29 is 14.3 Å². The Morgan fingerprint density at radius 2 is 1.91 bits per heavy atom. The first-order chi connectivity index (χ1) is 15.5. The van der Waals surface area contributed by atoms with E-state index >= 15 is 0 Å². The van der Waals surface area contributed by atoms with Gasteiger partial charge in [-0.3, -0.25) is 4.79 Å². The fraction of sp³-hybridized carbons (Fsp3) is 0.192. The Morgan fingerprint density at radius 1 is 1.09 bits per heavy atom. The number of nitrogens with zero attached hydrogens (tertiary/aromatic N) is 1. The van der Waals surface area contributed by atoms with E-state index in [1.807, 2.05) is 48.3 Å². The van der Waals surface area contributed by atoms with E-state index in [2.05, 4.69) is 10.3 Å². The van der Waals surface area contributed by atoms with Gasteiger partial charge >= 0.3 is 0 Å². The fourth-order valence-electron chi connectivity index (χ4n) is 3.97. The number of rotatable bonds is 8. The predicted molar refractivity (Wildman–Crippen MR) is 125 cm³/mol. The van der Waals surface area contributed by atoms with Crippen molar-refractivity contribution in [3.63, 3.8) is 0 Å². The first-order valence-corrected chi connectivity index (χ1v) is 10.6. The van der Waals surface area contributed by atoms with E-state index in [9.17, 15) is 14.3 Å². The zero-order valence-electron chi connectivity index (χ0n) is 17.9. The van der Waals surface area contributed by atoms with E-state index in [1.165, 1.54) is 12.1 Å². The maximum Gasteiger partial charge on any atom is 0.224 e. The number of carbonyl (C=O) groups excluding carboxylic acids is 1. The van der Waals surface area contributed by atoms with Crippen LogP contribution in [-0.2, 0) is 17.6 Å². The Hall–Kier alpha value is -3.80. The van der Waals surface area contributed by atoms with E-state index < -0.39 is 0 Å². The molecule has 0 unspecified atom stereocenters. The normalized spacial score (nSPS) is 11.9. The number of phenols is 1. The van der Waals surface area contributed by atoms with Gasteiger partial charge < -0.3 is 20.3 Å². The summed E-state index contributed by atoms with van der Waals surface area (Å²) in [6, 6.07) is 21.3. The third kappa shape index (κ3) is 5.27. The molecular formula is C26H26FN3O2. The highest BCUT2D eigenvalue weighted by molar-refractivity contribution is 5.89. The quantitative estimate of drug-likeness (QED) is 0.387. The van der Waals surface area contributed by atoms with Crippen molar-refractivity contribution in [1.29, 1.82) is 0 Å². The first-order valence-electron chi connectivity index (χ1n) is 10.6. The molecule has 32 heavy (non-hydrogen) atoms. The maximum atomic E-state index is 13.7. The molecule has 3 N–H and O–H groups in total. The van der Waals surface area contributed by atoms with Crippen molar-refractivity contribution in [3.05, 3.63) is 95.9 Å². The molecule has 1 atom stereocenters. The molecule has 0 aliphatic carbocycles. The molecule has 0 bridgehead atoms. The van der Waals surface area contributed by atoms with Gasteiger partial charge in [-0.05, 0) is 53.9 Å². The van der Waals surface area contributed by atoms with Gasteiger partial charge in [0.2, 0.25) is 5.91 Å². The molecule has 0 saturated heterocycles. The number of hydrogen-bond acceptors (Lipinski definition) is 3. The van der Waals surface area contributed by atoms with Gasteiger partial charge in [-0.1, -0.05) is 36.4 Å². The Bertz CT molecular complexity index is 1210. The van der Waals surface area contributed by atoms with Gasteiger partial charge in [0.25, 0.3) is 0 Å². The van der Waals surface area contributed by atoms with Crippen molar-refractivity contribution in [2.24, 2.45) is 0 Å². The third-order valence-corrected chi connectivity index (χ3v) is 5.54. The zero-order valence-corrected chi connectivity index (χ0v) is 17.9. The van der Waals surface area contributed by atoms with Gasteiger partial charge in [0.05, 0.1) is 12.5 Å². The number of aromatic nitrogens is 1. The van der Waals surface area contributed by atoms with Crippen LogP contribution < -0.4 is 10.2 Å². The van der Waals surface area contributed by atoms with Gasteiger partial charge in [0, 0.05) is 36.4 Å². The number of halogens is 1.